The van der Waals surface area contributed by atoms with Crippen LogP contribution in [0.15, 0.2) is 77.8 Å². The van der Waals surface area contributed by atoms with E-state index >= 15 is 0 Å². The number of H-pyrrole nitrogens is 1. The van der Waals surface area contributed by atoms with Gasteiger partial charge in [-0.3, -0.25) is 9.69 Å². The van der Waals surface area contributed by atoms with Crippen molar-refractivity contribution in [3.05, 3.63) is 101 Å². The molecule has 4 aromatic rings. The molecule has 1 amide bonds. The Morgan fingerprint density at radius 1 is 0.902 bits per heavy atom. The molecular weight excluding hydrogens is 520 g/mol. The van der Waals surface area contributed by atoms with Crippen LogP contribution in [0.3, 0.4) is 0 Å². The van der Waals surface area contributed by atoms with Gasteiger partial charge >= 0.3 is 0 Å². The molecule has 0 saturated carbocycles. The predicted octanol–water partition coefficient (Wildman–Crippen LogP) is 6.25. The molecule has 0 bridgehead atoms. The number of hydrogen-bond acceptors (Lipinski definition) is 4. The van der Waals surface area contributed by atoms with Gasteiger partial charge in [-0.25, -0.2) is 18.8 Å². The molecule has 1 N–H and O–H groups in total. The molecule has 2 aliphatic heterocycles. The maximum Gasteiger partial charge on any atom is 0.265 e. The molecule has 0 radical (unpaired) electrons. The Balaban J connectivity index is 1.15. The normalized spacial score (nSPS) is 18.0. The van der Waals surface area contributed by atoms with Crippen molar-refractivity contribution < 1.29 is 13.6 Å². The minimum absolute atomic E-state index is 0.00118. The molecule has 0 atom stereocenters. The molecule has 6 rings (SSSR count). The summed E-state index contributed by atoms with van der Waals surface area (Å²) in [4.78, 5) is 31.9. The molecule has 3 aromatic carbocycles. The first kappa shape index (κ1) is 27.3. The second-order valence-corrected chi connectivity index (χ2v) is 11.4. The van der Waals surface area contributed by atoms with Crippen LogP contribution in [0.4, 0.5) is 8.78 Å². The molecule has 1 fully saturated rings. The number of amides is 1. The number of carbonyl (C=O) groups excluding carboxylic acids is 1. The standard InChI is InChI=1S/C33H35F2N5O/c1-22(2)31-38-33(24-8-12-26(34)13-9-24,25-10-14-27(35)15-11-25)32(41)40(31)19-5-18-39-20-16-23(17-21-39)30-36-28-6-3-4-7-29(28)37-30/h3-4,6-15,22-23H,5,16-21H2,1-2H3,(H,36,37). The van der Waals surface area contributed by atoms with Crippen LogP contribution in [0, 0.1) is 17.6 Å². The molecule has 2 aliphatic rings. The number of aromatic amines is 1. The lowest BCUT2D eigenvalue weighted by Crippen LogP contribution is -2.44. The van der Waals surface area contributed by atoms with Gasteiger partial charge in [0.2, 0.25) is 0 Å². The number of aromatic nitrogens is 2. The van der Waals surface area contributed by atoms with Crippen molar-refractivity contribution in [3.63, 3.8) is 0 Å². The Kier molecular flexibility index (Phi) is 7.43. The number of para-hydroxylation sites is 2. The van der Waals surface area contributed by atoms with Gasteiger partial charge in [-0.1, -0.05) is 50.2 Å². The number of fused-ring (bicyclic) bond motifs is 1. The van der Waals surface area contributed by atoms with Gasteiger partial charge in [0.05, 0.1) is 11.0 Å². The maximum atomic E-state index is 14.3. The van der Waals surface area contributed by atoms with Crippen molar-refractivity contribution in [2.45, 2.75) is 44.6 Å². The Labute approximate surface area is 239 Å². The highest BCUT2D eigenvalue weighted by Gasteiger charge is 2.51. The smallest absolute Gasteiger partial charge is 0.265 e. The summed E-state index contributed by atoms with van der Waals surface area (Å²) >= 11 is 0. The zero-order valence-corrected chi connectivity index (χ0v) is 23.5. The van der Waals surface area contributed by atoms with Crippen LogP contribution in [-0.4, -0.2) is 57.7 Å². The third-order valence-electron chi connectivity index (χ3n) is 8.39. The number of piperidine rings is 1. The van der Waals surface area contributed by atoms with Gasteiger partial charge in [0.25, 0.3) is 5.91 Å². The SMILES string of the molecule is CC(C)C1=NC(c2ccc(F)cc2)(c2ccc(F)cc2)C(=O)N1CCCN1CCC(c2nc3ccccc3[nH]2)CC1. The lowest BCUT2D eigenvalue weighted by atomic mass is 9.82. The number of nitrogens with one attached hydrogen (secondary N) is 1. The Bertz CT molecular complexity index is 1470. The van der Waals surface area contributed by atoms with Crippen LogP contribution >= 0.6 is 0 Å². The molecule has 8 heteroatoms. The molecule has 0 aliphatic carbocycles. The number of rotatable bonds is 8. The number of aliphatic imine (C=N–C) groups is 1. The zero-order valence-electron chi connectivity index (χ0n) is 23.5. The van der Waals surface area contributed by atoms with Crippen LogP contribution in [0.2, 0.25) is 0 Å². The van der Waals surface area contributed by atoms with Crippen molar-refractivity contribution in [1.82, 2.24) is 19.8 Å². The van der Waals surface area contributed by atoms with E-state index < -0.39 is 5.54 Å². The topological polar surface area (TPSA) is 64.6 Å². The quantitative estimate of drug-likeness (QED) is 0.280. The molecule has 3 heterocycles. The first-order chi connectivity index (χ1) is 19.8. The number of halogens is 2. The lowest BCUT2D eigenvalue weighted by molar-refractivity contribution is -0.130. The van der Waals surface area contributed by atoms with Crippen LogP contribution in [0.1, 0.15) is 56.0 Å². The third kappa shape index (κ3) is 5.17. The first-order valence-electron chi connectivity index (χ1n) is 14.5. The van der Waals surface area contributed by atoms with Gasteiger partial charge in [0.1, 0.15) is 23.3 Å². The third-order valence-corrected chi connectivity index (χ3v) is 8.39. The molecule has 0 unspecified atom stereocenters. The zero-order chi connectivity index (χ0) is 28.6. The second kappa shape index (κ2) is 11.2. The maximum absolute atomic E-state index is 14.3. The highest BCUT2D eigenvalue weighted by molar-refractivity contribution is 6.11. The van der Waals surface area contributed by atoms with Crippen molar-refractivity contribution in [1.29, 1.82) is 0 Å². The van der Waals surface area contributed by atoms with Crippen LogP contribution in [0.5, 0.6) is 0 Å². The minimum Gasteiger partial charge on any atom is -0.342 e. The molecule has 6 nitrogen and oxygen atoms in total. The minimum atomic E-state index is -1.37. The highest BCUT2D eigenvalue weighted by Crippen LogP contribution is 2.41. The molecule has 1 aromatic heterocycles. The average molecular weight is 556 g/mol. The van der Waals surface area contributed by atoms with Crippen LogP contribution in [0.25, 0.3) is 11.0 Å². The fourth-order valence-corrected chi connectivity index (χ4v) is 6.21. The summed E-state index contributed by atoms with van der Waals surface area (Å²) in [6, 6.07) is 19.9. The summed E-state index contributed by atoms with van der Waals surface area (Å²) in [6.45, 7) is 7.41. The fraction of sp³-hybridized carbons (Fsp3) is 0.364. The van der Waals surface area contributed by atoms with E-state index in [4.69, 9.17) is 9.98 Å². The van der Waals surface area contributed by atoms with E-state index in [0.29, 0.717) is 29.4 Å². The number of benzene rings is 3. The number of imidazole rings is 1. The fourth-order valence-electron chi connectivity index (χ4n) is 6.21. The van der Waals surface area contributed by atoms with Gasteiger partial charge in [0, 0.05) is 18.4 Å². The summed E-state index contributed by atoms with van der Waals surface area (Å²) < 4.78 is 27.7. The lowest BCUT2D eigenvalue weighted by Gasteiger charge is -2.32. The number of carbonyl (C=O) groups is 1. The summed E-state index contributed by atoms with van der Waals surface area (Å²) in [5.74, 6) is 1.25. The molecule has 212 valence electrons. The monoisotopic (exact) mass is 555 g/mol. The Morgan fingerprint density at radius 2 is 1.51 bits per heavy atom. The molecular formula is C33H35F2N5O. The number of hydrogen-bond donors (Lipinski definition) is 1. The first-order valence-corrected chi connectivity index (χ1v) is 14.5. The number of likely N-dealkylation sites (tertiary alicyclic amines) is 1. The van der Waals surface area contributed by atoms with Crippen molar-refractivity contribution >= 4 is 22.8 Å². The molecule has 1 saturated heterocycles. The number of amidine groups is 1. The summed E-state index contributed by atoms with van der Waals surface area (Å²) in [6.07, 6.45) is 2.88. The van der Waals surface area contributed by atoms with E-state index in [9.17, 15) is 13.6 Å². The van der Waals surface area contributed by atoms with Gasteiger partial charge in [0.15, 0.2) is 5.54 Å². The van der Waals surface area contributed by atoms with E-state index in [0.717, 1.165) is 55.8 Å². The molecule has 0 spiro atoms. The van der Waals surface area contributed by atoms with E-state index in [1.165, 1.54) is 24.3 Å². The van der Waals surface area contributed by atoms with Crippen LogP contribution < -0.4 is 0 Å². The van der Waals surface area contributed by atoms with Crippen LogP contribution in [-0.2, 0) is 10.3 Å². The second-order valence-electron chi connectivity index (χ2n) is 11.4. The van der Waals surface area contributed by atoms with Gasteiger partial charge in [-0.05, 0) is 86.4 Å². The summed E-state index contributed by atoms with van der Waals surface area (Å²) in [5.41, 5.74) is 1.87. The Hall–Kier alpha value is -3.91. The van der Waals surface area contributed by atoms with Crippen molar-refractivity contribution in [3.8, 4) is 0 Å². The van der Waals surface area contributed by atoms with Crippen molar-refractivity contribution in [2.75, 3.05) is 26.2 Å². The Morgan fingerprint density at radius 3 is 2.10 bits per heavy atom. The highest BCUT2D eigenvalue weighted by atomic mass is 19.1. The van der Waals surface area contributed by atoms with E-state index in [1.807, 2.05) is 32.0 Å². The largest absolute Gasteiger partial charge is 0.342 e. The average Bonchev–Trinajstić information content (AvgIpc) is 3.54. The van der Waals surface area contributed by atoms with Gasteiger partial charge < -0.3 is 9.88 Å². The predicted molar refractivity (Wildman–Crippen MR) is 157 cm³/mol. The summed E-state index contributed by atoms with van der Waals surface area (Å²) in [7, 11) is 0. The van der Waals surface area contributed by atoms with E-state index in [2.05, 4.69) is 16.0 Å². The number of nitrogens with zero attached hydrogens (tertiary/aromatic N) is 4. The van der Waals surface area contributed by atoms with Gasteiger partial charge in [-0.2, -0.15) is 0 Å². The van der Waals surface area contributed by atoms with E-state index in [-0.39, 0.29) is 23.5 Å². The molecule has 41 heavy (non-hydrogen) atoms. The van der Waals surface area contributed by atoms with Crippen molar-refractivity contribution in [2.24, 2.45) is 10.9 Å². The summed E-state index contributed by atoms with van der Waals surface area (Å²) in [5, 5.41) is 0. The van der Waals surface area contributed by atoms with Gasteiger partial charge in [-0.15, -0.1) is 0 Å². The van der Waals surface area contributed by atoms with E-state index in [1.54, 1.807) is 29.2 Å².